The second kappa shape index (κ2) is 6.00. The first-order valence-corrected chi connectivity index (χ1v) is 7.07. The minimum Gasteiger partial charge on any atom is -0.490 e. The van der Waals surface area contributed by atoms with Gasteiger partial charge < -0.3 is 10.5 Å². The highest BCUT2D eigenvalue weighted by atomic mass is 16.5. The molecule has 0 heterocycles. The van der Waals surface area contributed by atoms with Crippen molar-refractivity contribution in [3.8, 4) is 5.75 Å². The van der Waals surface area contributed by atoms with E-state index in [0.717, 1.165) is 11.1 Å². The number of hydrogen-bond acceptors (Lipinski definition) is 3. The van der Waals surface area contributed by atoms with Gasteiger partial charge in [0.25, 0.3) is 0 Å². The Balaban J connectivity index is 2.53. The topological polar surface area (TPSA) is 52.3 Å². The molecule has 3 heteroatoms. The lowest BCUT2D eigenvalue weighted by Gasteiger charge is -2.18. The fourth-order valence-electron chi connectivity index (χ4n) is 2.23. The van der Waals surface area contributed by atoms with Gasteiger partial charge in [-0.2, -0.15) is 0 Å². The lowest BCUT2D eigenvalue weighted by atomic mass is 9.95. The Morgan fingerprint density at radius 2 is 1.57 bits per heavy atom. The second-order valence-electron chi connectivity index (χ2n) is 5.52. The largest absolute Gasteiger partial charge is 0.490 e. The highest BCUT2D eigenvalue weighted by Crippen LogP contribution is 2.30. The third-order valence-electron chi connectivity index (χ3n) is 3.32. The summed E-state index contributed by atoms with van der Waals surface area (Å²) in [5.41, 5.74) is 9.45. The van der Waals surface area contributed by atoms with E-state index in [4.69, 9.17) is 10.5 Å². The molecule has 0 unspecified atom stereocenters. The van der Waals surface area contributed by atoms with Crippen LogP contribution < -0.4 is 10.5 Å². The molecule has 0 amide bonds. The SMILES string of the molecule is Cc1ccc(C)c(C(=O)c2ccc(N)cc2)c1OC(C)C. The van der Waals surface area contributed by atoms with Gasteiger partial charge in [0.1, 0.15) is 5.75 Å². The first-order valence-electron chi connectivity index (χ1n) is 7.07. The zero-order valence-corrected chi connectivity index (χ0v) is 12.9. The molecular weight excluding hydrogens is 262 g/mol. The number of anilines is 1. The minimum absolute atomic E-state index is 0.0171. The second-order valence-corrected chi connectivity index (χ2v) is 5.52. The molecule has 0 saturated carbocycles. The summed E-state index contributed by atoms with van der Waals surface area (Å²) in [6.07, 6.45) is 0.0171. The average molecular weight is 283 g/mol. The number of carbonyl (C=O) groups excluding carboxylic acids is 1. The van der Waals surface area contributed by atoms with Gasteiger partial charge in [-0.3, -0.25) is 4.79 Å². The molecule has 3 nitrogen and oxygen atoms in total. The molecule has 0 atom stereocenters. The van der Waals surface area contributed by atoms with Crippen LogP contribution in [0.1, 0.15) is 40.9 Å². The summed E-state index contributed by atoms with van der Waals surface area (Å²) in [5.74, 6) is 0.638. The summed E-state index contributed by atoms with van der Waals surface area (Å²) in [6.45, 7) is 7.80. The van der Waals surface area contributed by atoms with Crippen LogP contribution in [-0.2, 0) is 0 Å². The first kappa shape index (κ1) is 15.1. The normalized spacial score (nSPS) is 10.7. The molecule has 0 aliphatic carbocycles. The van der Waals surface area contributed by atoms with Gasteiger partial charge in [0.2, 0.25) is 0 Å². The highest BCUT2D eigenvalue weighted by molar-refractivity contribution is 6.12. The van der Waals surface area contributed by atoms with Crippen molar-refractivity contribution in [2.75, 3.05) is 5.73 Å². The van der Waals surface area contributed by atoms with Crippen molar-refractivity contribution in [3.63, 3.8) is 0 Å². The molecule has 2 aromatic carbocycles. The van der Waals surface area contributed by atoms with E-state index < -0.39 is 0 Å². The number of nitrogens with two attached hydrogens (primary N) is 1. The van der Waals surface area contributed by atoms with Gasteiger partial charge in [0.05, 0.1) is 11.7 Å². The quantitative estimate of drug-likeness (QED) is 0.684. The monoisotopic (exact) mass is 283 g/mol. The number of nitrogen functional groups attached to an aromatic ring is 1. The molecule has 0 bridgehead atoms. The van der Waals surface area contributed by atoms with E-state index in [-0.39, 0.29) is 11.9 Å². The zero-order valence-electron chi connectivity index (χ0n) is 12.9. The number of carbonyl (C=O) groups is 1. The summed E-state index contributed by atoms with van der Waals surface area (Å²) in [7, 11) is 0. The van der Waals surface area contributed by atoms with Crippen LogP contribution in [0.5, 0.6) is 5.75 Å². The molecule has 2 N–H and O–H groups in total. The number of ether oxygens (including phenoxy) is 1. The number of benzene rings is 2. The summed E-state index contributed by atoms with van der Waals surface area (Å²) in [4.78, 5) is 12.8. The maximum atomic E-state index is 12.8. The highest BCUT2D eigenvalue weighted by Gasteiger charge is 2.20. The Bertz CT molecular complexity index is 658. The van der Waals surface area contributed by atoms with Gasteiger partial charge in [-0.1, -0.05) is 12.1 Å². The lowest BCUT2D eigenvalue weighted by Crippen LogP contribution is -2.13. The van der Waals surface area contributed by atoms with Gasteiger partial charge in [0.15, 0.2) is 5.78 Å². The standard InChI is InChI=1S/C18H21NO2/c1-11(2)21-18-13(4)6-5-12(3)16(18)17(20)14-7-9-15(19)10-8-14/h5-11H,19H2,1-4H3. The molecule has 0 aliphatic rings. The Morgan fingerprint density at radius 1 is 1.00 bits per heavy atom. The van der Waals surface area contributed by atoms with Crippen molar-refractivity contribution in [2.24, 2.45) is 0 Å². The van der Waals surface area contributed by atoms with Crippen molar-refractivity contribution >= 4 is 11.5 Å². The average Bonchev–Trinajstić information content (AvgIpc) is 2.43. The van der Waals surface area contributed by atoms with Gasteiger partial charge >= 0.3 is 0 Å². The molecule has 0 saturated heterocycles. The van der Waals surface area contributed by atoms with Crippen LogP contribution in [0.2, 0.25) is 0 Å². The van der Waals surface area contributed by atoms with Crippen LogP contribution in [0.15, 0.2) is 36.4 Å². The molecule has 0 radical (unpaired) electrons. The minimum atomic E-state index is -0.0353. The molecule has 2 aromatic rings. The van der Waals surface area contributed by atoms with Crippen LogP contribution in [-0.4, -0.2) is 11.9 Å². The van der Waals surface area contributed by atoms with Crippen molar-refractivity contribution in [2.45, 2.75) is 33.8 Å². The fourth-order valence-corrected chi connectivity index (χ4v) is 2.23. The van der Waals surface area contributed by atoms with Crippen LogP contribution in [0.4, 0.5) is 5.69 Å². The van der Waals surface area contributed by atoms with Crippen LogP contribution in [0.3, 0.4) is 0 Å². The van der Waals surface area contributed by atoms with Gasteiger partial charge in [0, 0.05) is 11.3 Å². The maximum Gasteiger partial charge on any atom is 0.197 e. The van der Waals surface area contributed by atoms with Crippen LogP contribution in [0.25, 0.3) is 0 Å². The van der Waals surface area contributed by atoms with Crippen molar-refractivity contribution in [1.82, 2.24) is 0 Å². The van der Waals surface area contributed by atoms with Gasteiger partial charge in [-0.05, 0) is 63.1 Å². The number of rotatable bonds is 4. The van der Waals surface area contributed by atoms with E-state index in [0.29, 0.717) is 22.6 Å². The fraction of sp³-hybridized carbons (Fsp3) is 0.278. The number of ketones is 1. The van der Waals surface area contributed by atoms with Crippen molar-refractivity contribution < 1.29 is 9.53 Å². The zero-order chi connectivity index (χ0) is 15.6. The number of aryl methyl sites for hydroxylation is 2. The molecule has 0 fully saturated rings. The number of hydrogen-bond donors (Lipinski definition) is 1. The van der Waals surface area contributed by atoms with E-state index >= 15 is 0 Å². The Hall–Kier alpha value is -2.29. The van der Waals surface area contributed by atoms with Crippen LogP contribution in [0, 0.1) is 13.8 Å². The van der Waals surface area contributed by atoms with E-state index in [2.05, 4.69) is 0 Å². The smallest absolute Gasteiger partial charge is 0.197 e. The summed E-state index contributed by atoms with van der Waals surface area (Å²) >= 11 is 0. The van der Waals surface area contributed by atoms with E-state index in [1.807, 2.05) is 39.8 Å². The van der Waals surface area contributed by atoms with Crippen molar-refractivity contribution in [3.05, 3.63) is 58.7 Å². The van der Waals surface area contributed by atoms with E-state index in [1.54, 1.807) is 24.3 Å². The van der Waals surface area contributed by atoms with Gasteiger partial charge in [-0.15, -0.1) is 0 Å². The molecular formula is C18H21NO2. The molecule has 0 aromatic heterocycles. The Morgan fingerprint density at radius 3 is 2.14 bits per heavy atom. The summed E-state index contributed by atoms with van der Waals surface area (Å²) < 4.78 is 5.88. The van der Waals surface area contributed by atoms with E-state index in [1.165, 1.54) is 0 Å². The Labute approximate surface area is 125 Å². The molecule has 21 heavy (non-hydrogen) atoms. The summed E-state index contributed by atoms with van der Waals surface area (Å²) in [6, 6.07) is 10.9. The first-order chi connectivity index (χ1) is 9.90. The lowest BCUT2D eigenvalue weighted by molar-refractivity contribution is 0.103. The predicted molar refractivity (Wildman–Crippen MR) is 86.0 cm³/mol. The predicted octanol–water partition coefficient (Wildman–Crippen LogP) is 3.90. The maximum absolute atomic E-state index is 12.8. The van der Waals surface area contributed by atoms with Crippen molar-refractivity contribution in [1.29, 1.82) is 0 Å². The molecule has 0 aliphatic heterocycles. The Kier molecular flexibility index (Phi) is 4.32. The van der Waals surface area contributed by atoms with E-state index in [9.17, 15) is 4.79 Å². The molecule has 0 spiro atoms. The van der Waals surface area contributed by atoms with Gasteiger partial charge in [-0.25, -0.2) is 0 Å². The third-order valence-corrected chi connectivity index (χ3v) is 3.32. The summed E-state index contributed by atoms with van der Waals surface area (Å²) in [5, 5.41) is 0. The van der Waals surface area contributed by atoms with Crippen LogP contribution >= 0.6 is 0 Å². The molecule has 110 valence electrons. The molecule has 2 rings (SSSR count). The third kappa shape index (κ3) is 3.24.